The van der Waals surface area contributed by atoms with E-state index < -0.39 is 17.6 Å². The Morgan fingerprint density at radius 3 is 2.43 bits per heavy atom. The van der Waals surface area contributed by atoms with Gasteiger partial charge in [0.1, 0.15) is 5.69 Å². The molecule has 0 aliphatic carbocycles. The predicted molar refractivity (Wildman–Crippen MR) is 128 cm³/mol. The second-order valence-corrected chi connectivity index (χ2v) is 9.76. The number of halogens is 3. The second kappa shape index (κ2) is 9.45. The summed E-state index contributed by atoms with van der Waals surface area (Å²) in [4.78, 5) is 33.9. The Morgan fingerprint density at radius 1 is 0.943 bits per heavy atom. The van der Waals surface area contributed by atoms with Gasteiger partial charge in [-0.2, -0.15) is 13.2 Å². The van der Waals surface area contributed by atoms with Crippen LogP contribution in [-0.2, 0) is 12.6 Å². The van der Waals surface area contributed by atoms with Gasteiger partial charge >= 0.3 is 6.18 Å². The number of carbonyl (C=O) groups is 2. The molecule has 2 aliphatic heterocycles. The van der Waals surface area contributed by atoms with Gasteiger partial charge < -0.3 is 9.80 Å². The van der Waals surface area contributed by atoms with Gasteiger partial charge in [0, 0.05) is 36.6 Å². The molecule has 9 heteroatoms. The first-order valence-electron chi connectivity index (χ1n) is 11.6. The summed E-state index contributed by atoms with van der Waals surface area (Å²) >= 11 is 1.43. The lowest BCUT2D eigenvalue weighted by Crippen LogP contribution is -2.38. The number of hydrogen-bond acceptors (Lipinski definition) is 4. The number of thiazole rings is 1. The molecule has 5 nitrogen and oxygen atoms in total. The molecule has 3 heterocycles. The third-order valence-corrected chi connectivity index (χ3v) is 7.70. The number of amides is 2. The number of alkyl halides is 3. The fourth-order valence-corrected chi connectivity index (χ4v) is 5.84. The quantitative estimate of drug-likeness (QED) is 0.460. The number of aromatic nitrogens is 1. The normalized spacial score (nSPS) is 16.8. The van der Waals surface area contributed by atoms with Gasteiger partial charge in [0.05, 0.1) is 16.1 Å². The molecule has 0 unspecified atom stereocenters. The first-order valence-corrected chi connectivity index (χ1v) is 12.5. The smallest absolute Gasteiger partial charge is 0.339 e. The van der Waals surface area contributed by atoms with Crippen molar-refractivity contribution < 1.29 is 22.8 Å². The number of para-hydroxylation sites is 1. The van der Waals surface area contributed by atoms with Gasteiger partial charge in [-0.1, -0.05) is 30.3 Å². The summed E-state index contributed by atoms with van der Waals surface area (Å²) in [6.45, 7) is 1.35. The topological polar surface area (TPSA) is 53.5 Å². The van der Waals surface area contributed by atoms with Gasteiger partial charge in [0.2, 0.25) is 0 Å². The van der Waals surface area contributed by atoms with Crippen LogP contribution in [0.3, 0.4) is 0 Å². The average molecular weight is 500 g/mol. The van der Waals surface area contributed by atoms with Crippen molar-refractivity contribution in [2.45, 2.75) is 37.8 Å². The zero-order valence-electron chi connectivity index (χ0n) is 18.9. The van der Waals surface area contributed by atoms with E-state index in [2.05, 4.69) is 4.98 Å². The molecule has 1 fully saturated rings. The largest absolute Gasteiger partial charge is 0.417 e. The summed E-state index contributed by atoms with van der Waals surface area (Å²) in [6.07, 6.45) is -1.54. The van der Waals surface area contributed by atoms with Crippen molar-refractivity contribution in [3.05, 3.63) is 81.3 Å². The number of hydrogen-bond donors (Lipinski definition) is 0. The van der Waals surface area contributed by atoms with Gasteiger partial charge in [-0.05, 0) is 49.4 Å². The summed E-state index contributed by atoms with van der Waals surface area (Å²) in [6, 6.07) is 12.8. The zero-order valence-corrected chi connectivity index (χ0v) is 19.7. The monoisotopic (exact) mass is 499 g/mol. The van der Waals surface area contributed by atoms with Crippen molar-refractivity contribution >= 4 is 28.8 Å². The summed E-state index contributed by atoms with van der Waals surface area (Å²) in [7, 11) is 0. The minimum absolute atomic E-state index is 0.0668. The van der Waals surface area contributed by atoms with Crippen LogP contribution in [-0.4, -0.2) is 41.3 Å². The molecule has 3 aromatic rings. The molecule has 0 atom stereocenters. The summed E-state index contributed by atoms with van der Waals surface area (Å²) < 4.78 is 40.0. The second-order valence-electron chi connectivity index (χ2n) is 8.87. The highest BCUT2D eigenvalue weighted by Crippen LogP contribution is 2.35. The average Bonchev–Trinajstić information content (AvgIpc) is 3.37. The fourth-order valence-electron chi connectivity index (χ4n) is 4.87. The Labute approximate surface area is 205 Å². The van der Waals surface area contributed by atoms with Crippen LogP contribution in [0.15, 0.2) is 53.9 Å². The van der Waals surface area contributed by atoms with Crippen LogP contribution in [0.4, 0.5) is 18.9 Å². The van der Waals surface area contributed by atoms with E-state index in [4.69, 9.17) is 0 Å². The van der Waals surface area contributed by atoms with Crippen molar-refractivity contribution in [2.75, 3.05) is 24.5 Å². The number of fused-ring (bicyclic) bond motifs is 1. The minimum atomic E-state index is -4.58. The van der Waals surface area contributed by atoms with Crippen LogP contribution in [0.25, 0.3) is 0 Å². The lowest BCUT2D eigenvalue weighted by Gasteiger charge is -2.31. The van der Waals surface area contributed by atoms with Crippen LogP contribution in [0.5, 0.6) is 0 Å². The molecular weight excluding hydrogens is 475 g/mol. The number of benzene rings is 2. The molecule has 0 saturated carbocycles. The van der Waals surface area contributed by atoms with Crippen molar-refractivity contribution in [1.29, 1.82) is 0 Å². The number of rotatable bonds is 3. The zero-order chi connectivity index (χ0) is 24.6. The number of aryl methyl sites for hydroxylation is 1. The molecule has 182 valence electrons. The highest BCUT2D eigenvalue weighted by atomic mass is 32.1. The van der Waals surface area contributed by atoms with Gasteiger partial charge in [-0.25, -0.2) is 4.98 Å². The highest BCUT2D eigenvalue weighted by molar-refractivity contribution is 7.10. The number of nitrogens with zero attached hydrogens (tertiary/aromatic N) is 3. The summed E-state index contributed by atoms with van der Waals surface area (Å²) in [5, 5.41) is 2.62. The van der Waals surface area contributed by atoms with Gasteiger partial charge in [-0.3, -0.25) is 9.59 Å². The van der Waals surface area contributed by atoms with Crippen molar-refractivity contribution in [3.63, 3.8) is 0 Å². The molecular formula is C26H24F3N3O2S. The summed E-state index contributed by atoms with van der Waals surface area (Å²) in [5.41, 5.74) is 1.28. The maximum Gasteiger partial charge on any atom is 0.417 e. The molecule has 1 saturated heterocycles. The predicted octanol–water partition coefficient (Wildman–Crippen LogP) is 5.77. The van der Waals surface area contributed by atoms with E-state index in [9.17, 15) is 22.8 Å². The molecule has 0 spiro atoms. The molecule has 2 aliphatic rings. The third-order valence-electron chi connectivity index (χ3n) is 6.69. The maximum atomic E-state index is 13.3. The van der Waals surface area contributed by atoms with Crippen LogP contribution in [0, 0.1) is 0 Å². The van der Waals surface area contributed by atoms with E-state index >= 15 is 0 Å². The van der Waals surface area contributed by atoms with Gasteiger partial charge in [0.15, 0.2) is 0 Å². The molecule has 1 aromatic heterocycles. The standard InChI is InChI=1S/C26H24F3N3O2S/c27-26(28,29)20-9-3-2-8-19(20)24(33)31-14-11-18(12-15-31)23-30-21(16-35-23)25(34)32-13-5-7-17-6-1-4-10-22(17)32/h1-4,6,8-10,16,18H,5,7,11-15H2. The van der Waals surface area contributed by atoms with Crippen LogP contribution < -0.4 is 4.90 Å². The lowest BCUT2D eigenvalue weighted by molar-refractivity contribution is -0.138. The van der Waals surface area contributed by atoms with Crippen LogP contribution in [0.2, 0.25) is 0 Å². The van der Waals surface area contributed by atoms with E-state index in [-0.39, 0.29) is 17.4 Å². The Hall–Kier alpha value is -3.20. The van der Waals surface area contributed by atoms with E-state index in [1.807, 2.05) is 24.3 Å². The Bertz CT molecular complexity index is 1250. The molecule has 2 aromatic carbocycles. The maximum absolute atomic E-state index is 13.3. The minimum Gasteiger partial charge on any atom is -0.339 e. The van der Waals surface area contributed by atoms with Crippen molar-refractivity contribution in [3.8, 4) is 0 Å². The lowest BCUT2D eigenvalue weighted by atomic mass is 9.96. The van der Waals surface area contributed by atoms with Crippen molar-refractivity contribution in [2.24, 2.45) is 0 Å². The molecule has 0 bridgehead atoms. The highest BCUT2D eigenvalue weighted by Gasteiger charge is 2.37. The van der Waals surface area contributed by atoms with Gasteiger partial charge in [0.25, 0.3) is 11.8 Å². The number of likely N-dealkylation sites (tertiary alicyclic amines) is 1. The Morgan fingerprint density at radius 2 is 1.66 bits per heavy atom. The van der Waals surface area contributed by atoms with E-state index in [0.717, 1.165) is 35.2 Å². The van der Waals surface area contributed by atoms with Crippen LogP contribution in [0.1, 0.15) is 62.2 Å². The molecule has 2 amide bonds. The Kier molecular flexibility index (Phi) is 6.35. The van der Waals surface area contributed by atoms with Crippen LogP contribution >= 0.6 is 11.3 Å². The van der Waals surface area contributed by atoms with Crippen molar-refractivity contribution in [1.82, 2.24) is 9.88 Å². The van der Waals surface area contributed by atoms with Gasteiger partial charge in [-0.15, -0.1) is 11.3 Å². The van der Waals surface area contributed by atoms with E-state index in [0.29, 0.717) is 38.2 Å². The first kappa shape index (κ1) is 23.5. The number of carbonyl (C=O) groups excluding carboxylic acids is 2. The molecule has 0 radical (unpaired) electrons. The summed E-state index contributed by atoms with van der Waals surface area (Å²) in [5.74, 6) is -0.650. The molecule has 0 N–H and O–H groups in total. The first-order chi connectivity index (χ1) is 16.8. The van der Waals surface area contributed by atoms with E-state index in [1.165, 1.54) is 34.4 Å². The number of piperidine rings is 1. The SMILES string of the molecule is O=C(c1ccccc1C(F)(F)F)N1CCC(c2nc(C(=O)N3CCCc4ccccc43)cs2)CC1. The molecule has 5 rings (SSSR count). The van der Waals surface area contributed by atoms with E-state index in [1.54, 1.807) is 10.3 Å². The third kappa shape index (κ3) is 4.69. The number of anilines is 1. The molecule has 35 heavy (non-hydrogen) atoms. The Balaban J connectivity index is 1.25. The fraction of sp³-hybridized carbons (Fsp3) is 0.346.